The lowest BCUT2D eigenvalue weighted by molar-refractivity contribution is 0.0716. The normalized spacial score (nSPS) is 20.4. The molecule has 1 unspecified atom stereocenters. The fraction of sp³-hybridized carbons (Fsp3) is 0.500. The Morgan fingerprint density at radius 3 is 2.72 bits per heavy atom. The monoisotopic (exact) mass is 393 g/mol. The van der Waals surface area contributed by atoms with Gasteiger partial charge in [0, 0.05) is 44.5 Å². The van der Waals surface area contributed by atoms with Crippen LogP contribution in [0.4, 0.5) is 0 Å². The van der Waals surface area contributed by atoms with Gasteiger partial charge >= 0.3 is 0 Å². The fourth-order valence-electron chi connectivity index (χ4n) is 4.42. The van der Waals surface area contributed by atoms with Crippen LogP contribution in [0, 0.1) is 5.92 Å². The number of pyridine rings is 1. The molecule has 2 saturated heterocycles. The molecule has 0 radical (unpaired) electrons. The number of piperidine rings is 2. The number of amides is 1. The van der Waals surface area contributed by atoms with Crippen LogP contribution in [-0.2, 0) is 6.54 Å². The Morgan fingerprint density at radius 1 is 1.03 bits per heavy atom. The number of benzene rings is 1. The highest BCUT2D eigenvalue weighted by atomic mass is 16.5. The van der Waals surface area contributed by atoms with Gasteiger partial charge in [0.05, 0.1) is 12.2 Å². The second-order valence-corrected chi connectivity index (χ2v) is 8.26. The SMILES string of the molecule is O=C(c1ccccc1OCC1CCCN(Cc2cccnc2)C1)N1CCCCC1. The number of carbonyl (C=O) groups is 1. The first-order valence-electron chi connectivity index (χ1n) is 10.9. The van der Waals surface area contributed by atoms with E-state index in [9.17, 15) is 4.79 Å². The molecule has 0 saturated carbocycles. The maximum Gasteiger partial charge on any atom is 0.257 e. The molecule has 5 heteroatoms. The van der Waals surface area contributed by atoms with E-state index >= 15 is 0 Å². The lowest BCUT2D eigenvalue weighted by Gasteiger charge is -2.33. The van der Waals surface area contributed by atoms with Crippen molar-refractivity contribution in [1.29, 1.82) is 0 Å². The van der Waals surface area contributed by atoms with Gasteiger partial charge in [0.1, 0.15) is 5.75 Å². The third kappa shape index (κ3) is 5.36. The molecule has 0 bridgehead atoms. The van der Waals surface area contributed by atoms with Crippen LogP contribution < -0.4 is 4.74 Å². The summed E-state index contributed by atoms with van der Waals surface area (Å²) in [6.45, 7) is 5.47. The van der Waals surface area contributed by atoms with Crippen molar-refractivity contribution in [2.24, 2.45) is 5.92 Å². The highest BCUT2D eigenvalue weighted by Crippen LogP contribution is 2.24. The summed E-state index contributed by atoms with van der Waals surface area (Å²) in [6.07, 6.45) is 9.54. The Kier molecular flexibility index (Phi) is 6.78. The average molecular weight is 394 g/mol. The minimum atomic E-state index is 0.113. The van der Waals surface area contributed by atoms with Gasteiger partial charge in [-0.15, -0.1) is 0 Å². The molecule has 2 aliphatic rings. The molecule has 0 N–H and O–H groups in total. The maximum atomic E-state index is 13.0. The van der Waals surface area contributed by atoms with E-state index < -0.39 is 0 Å². The lowest BCUT2D eigenvalue weighted by Crippen LogP contribution is -2.37. The Balaban J connectivity index is 1.34. The highest BCUT2D eigenvalue weighted by molar-refractivity contribution is 5.97. The molecule has 29 heavy (non-hydrogen) atoms. The van der Waals surface area contributed by atoms with Crippen molar-refractivity contribution in [3.05, 3.63) is 59.9 Å². The summed E-state index contributed by atoms with van der Waals surface area (Å²) in [5.74, 6) is 1.33. The van der Waals surface area contributed by atoms with Crippen LogP contribution in [0.15, 0.2) is 48.8 Å². The first-order valence-corrected chi connectivity index (χ1v) is 10.9. The van der Waals surface area contributed by atoms with Gasteiger partial charge in [-0.25, -0.2) is 0 Å². The van der Waals surface area contributed by atoms with E-state index in [1.165, 1.54) is 24.8 Å². The summed E-state index contributed by atoms with van der Waals surface area (Å²) in [5.41, 5.74) is 1.96. The van der Waals surface area contributed by atoms with Gasteiger partial charge in [-0.3, -0.25) is 14.7 Å². The molecule has 1 aromatic carbocycles. The zero-order valence-corrected chi connectivity index (χ0v) is 17.1. The van der Waals surface area contributed by atoms with E-state index in [1.54, 1.807) is 0 Å². The van der Waals surface area contributed by atoms with E-state index in [-0.39, 0.29) is 5.91 Å². The standard InChI is InChI=1S/C24H31N3O2/c28-24(27-14-4-1-5-15-27)22-10-2-3-11-23(22)29-19-21-9-7-13-26(18-21)17-20-8-6-12-25-16-20/h2-3,6,8,10-12,16,21H,1,4-5,7,9,13-15,17-19H2. The summed E-state index contributed by atoms with van der Waals surface area (Å²) >= 11 is 0. The van der Waals surface area contributed by atoms with Gasteiger partial charge in [0.15, 0.2) is 0 Å². The van der Waals surface area contributed by atoms with Crippen molar-refractivity contribution in [3.63, 3.8) is 0 Å². The molecule has 0 spiro atoms. The van der Waals surface area contributed by atoms with Gasteiger partial charge in [-0.05, 0) is 62.4 Å². The number of para-hydroxylation sites is 1. The van der Waals surface area contributed by atoms with Crippen LogP contribution in [0.25, 0.3) is 0 Å². The zero-order chi connectivity index (χ0) is 19.9. The number of hydrogen-bond acceptors (Lipinski definition) is 4. The molecule has 2 aromatic rings. The Morgan fingerprint density at radius 2 is 1.90 bits per heavy atom. The van der Waals surface area contributed by atoms with Crippen LogP contribution in [-0.4, -0.2) is 53.5 Å². The highest BCUT2D eigenvalue weighted by Gasteiger charge is 2.24. The largest absolute Gasteiger partial charge is 0.492 e. The van der Waals surface area contributed by atoms with E-state index in [0.29, 0.717) is 18.1 Å². The summed E-state index contributed by atoms with van der Waals surface area (Å²) in [7, 11) is 0. The van der Waals surface area contributed by atoms with Crippen molar-refractivity contribution in [2.45, 2.75) is 38.6 Å². The van der Waals surface area contributed by atoms with Gasteiger partial charge < -0.3 is 9.64 Å². The second kappa shape index (κ2) is 9.88. The molecule has 0 aliphatic carbocycles. The van der Waals surface area contributed by atoms with Gasteiger partial charge in [0.25, 0.3) is 5.91 Å². The van der Waals surface area contributed by atoms with E-state index in [2.05, 4.69) is 16.0 Å². The predicted molar refractivity (Wildman–Crippen MR) is 114 cm³/mol. The number of rotatable bonds is 6. The molecule has 3 heterocycles. The van der Waals surface area contributed by atoms with Crippen molar-refractivity contribution in [1.82, 2.24) is 14.8 Å². The molecular weight excluding hydrogens is 362 g/mol. The fourth-order valence-corrected chi connectivity index (χ4v) is 4.42. The first kappa shape index (κ1) is 19.9. The van der Waals surface area contributed by atoms with Gasteiger partial charge in [-0.2, -0.15) is 0 Å². The molecule has 1 atom stereocenters. The number of carbonyl (C=O) groups excluding carboxylic acids is 1. The third-order valence-corrected chi connectivity index (χ3v) is 5.97. The lowest BCUT2D eigenvalue weighted by atomic mass is 9.98. The minimum absolute atomic E-state index is 0.113. The van der Waals surface area contributed by atoms with Crippen LogP contribution >= 0.6 is 0 Å². The van der Waals surface area contributed by atoms with Crippen molar-refractivity contribution in [3.8, 4) is 5.75 Å². The number of hydrogen-bond donors (Lipinski definition) is 0. The number of nitrogens with zero attached hydrogens (tertiary/aromatic N) is 3. The molecule has 4 rings (SSSR count). The second-order valence-electron chi connectivity index (χ2n) is 8.26. The van der Waals surface area contributed by atoms with E-state index in [0.717, 1.165) is 51.3 Å². The number of aromatic nitrogens is 1. The topological polar surface area (TPSA) is 45.7 Å². The number of likely N-dealkylation sites (tertiary alicyclic amines) is 2. The Labute approximate surface area is 173 Å². The number of ether oxygens (including phenoxy) is 1. The molecule has 154 valence electrons. The van der Waals surface area contributed by atoms with Crippen LogP contribution in [0.5, 0.6) is 5.75 Å². The summed E-state index contributed by atoms with van der Waals surface area (Å²) in [4.78, 5) is 21.6. The van der Waals surface area contributed by atoms with Crippen LogP contribution in [0.1, 0.15) is 48.0 Å². The summed E-state index contributed by atoms with van der Waals surface area (Å²) < 4.78 is 6.20. The first-order chi connectivity index (χ1) is 14.3. The Hall–Kier alpha value is -2.40. The quantitative estimate of drug-likeness (QED) is 0.744. The molecular formula is C24H31N3O2. The molecule has 2 aliphatic heterocycles. The maximum absolute atomic E-state index is 13.0. The predicted octanol–water partition coefficient (Wildman–Crippen LogP) is 4.00. The smallest absolute Gasteiger partial charge is 0.257 e. The average Bonchev–Trinajstić information content (AvgIpc) is 2.79. The minimum Gasteiger partial charge on any atom is -0.492 e. The summed E-state index contributed by atoms with van der Waals surface area (Å²) in [5, 5.41) is 0. The molecule has 1 aromatic heterocycles. The van der Waals surface area contributed by atoms with Crippen molar-refractivity contribution in [2.75, 3.05) is 32.8 Å². The van der Waals surface area contributed by atoms with Crippen LogP contribution in [0.2, 0.25) is 0 Å². The third-order valence-electron chi connectivity index (χ3n) is 5.97. The Bertz CT molecular complexity index is 790. The summed E-state index contributed by atoms with van der Waals surface area (Å²) in [6, 6.07) is 11.9. The molecule has 2 fully saturated rings. The molecule has 5 nitrogen and oxygen atoms in total. The van der Waals surface area contributed by atoms with E-state index in [1.807, 2.05) is 47.6 Å². The van der Waals surface area contributed by atoms with Crippen molar-refractivity contribution < 1.29 is 9.53 Å². The van der Waals surface area contributed by atoms with Gasteiger partial charge in [-0.1, -0.05) is 18.2 Å². The van der Waals surface area contributed by atoms with Crippen LogP contribution in [0.3, 0.4) is 0 Å². The zero-order valence-electron chi connectivity index (χ0n) is 17.1. The molecule has 1 amide bonds. The van der Waals surface area contributed by atoms with E-state index in [4.69, 9.17) is 4.74 Å². The van der Waals surface area contributed by atoms with Crippen molar-refractivity contribution >= 4 is 5.91 Å². The van der Waals surface area contributed by atoms with Gasteiger partial charge in [0.2, 0.25) is 0 Å².